The molecule has 3 aliphatic heterocycles. The lowest BCUT2D eigenvalue weighted by Gasteiger charge is -2.46. The van der Waals surface area contributed by atoms with Crippen LogP contribution in [0.4, 0.5) is 11.4 Å². The molecule has 1 fully saturated rings. The van der Waals surface area contributed by atoms with Gasteiger partial charge in [0.2, 0.25) is 11.6 Å². The van der Waals surface area contributed by atoms with Crippen molar-refractivity contribution in [1.29, 1.82) is 0 Å². The van der Waals surface area contributed by atoms with E-state index in [9.17, 15) is 24.0 Å². The predicted molar refractivity (Wildman–Crippen MR) is 114 cm³/mol. The fraction of sp³-hybridized carbons (Fsp3) is 0.261. The molecule has 1 saturated heterocycles. The van der Waals surface area contributed by atoms with E-state index in [-0.39, 0.29) is 36.8 Å². The summed E-state index contributed by atoms with van der Waals surface area (Å²) in [5, 5.41) is 2.61. The molecule has 10 nitrogen and oxygen atoms in total. The number of hydrogen-bond donors (Lipinski definition) is 1. The summed E-state index contributed by atoms with van der Waals surface area (Å²) in [5.74, 6) is -2.00. The molecule has 2 aromatic rings. The maximum atomic E-state index is 13.3. The molecule has 0 spiro atoms. The van der Waals surface area contributed by atoms with Gasteiger partial charge in [-0.1, -0.05) is 12.1 Å². The average Bonchev–Trinajstić information content (AvgIpc) is 3.18. The molecule has 5 rings (SSSR count). The van der Waals surface area contributed by atoms with Crippen molar-refractivity contribution >= 4 is 40.8 Å². The van der Waals surface area contributed by atoms with Crippen LogP contribution in [0.5, 0.6) is 5.75 Å². The molecule has 0 bridgehead atoms. The van der Waals surface area contributed by atoms with Gasteiger partial charge < -0.3 is 19.7 Å². The third-order valence-electron chi connectivity index (χ3n) is 6.14. The van der Waals surface area contributed by atoms with Gasteiger partial charge in [-0.05, 0) is 30.3 Å². The maximum Gasteiger partial charge on any atom is 0.354 e. The Balaban J connectivity index is 1.39. The van der Waals surface area contributed by atoms with E-state index in [4.69, 9.17) is 9.47 Å². The van der Waals surface area contributed by atoms with Crippen LogP contribution < -0.4 is 15.0 Å². The van der Waals surface area contributed by atoms with Crippen LogP contribution in [-0.4, -0.2) is 60.3 Å². The highest BCUT2D eigenvalue weighted by Crippen LogP contribution is 2.44. The lowest BCUT2D eigenvalue weighted by molar-refractivity contribution is -0.155. The third-order valence-corrected chi connectivity index (χ3v) is 6.14. The van der Waals surface area contributed by atoms with E-state index in [0.29, 0.717) is 22.7 Å². The molecule has 10 heteroatoms. The quantitative estimate of drug-likeness (QED) is 0.552. The number of nitrogens with one attached hydrogen (secondary N) is 1. The number of esters is 1. The molecule has 0 aromatic heterocycles. The van der Waals surface area contributed by atoms with Gasteiger partial charge >= 0.3 is 5.97 Å². The Kier molecular flexibility index (Phi) is 4.66. The number of likely N-dealkylation sites (N-methyl/N-ethyl adjacent to an activating group) is 1. The van der Waals surface area contributed by atoms with Crippen molar-refractivity contribution in [3.8, 4) is 5.75 Å². The number of carbonyl (C=O) groups is 5. The summed E-state index contributed by atoms with van der Waals surface area (Å²) >= 11 is 0. The monoisotopic (exact) mass is 449 g/mol. The van der Waals surface area contributed by atoms with Gasteiger partial charge in [0.1, 0.15) is 5.75 Å². The van der Waals surface area contributed by atoms with Crippen LogP contribution >= 0.6 is 0 Å². The van der Waals surface area contributed by atoms with Gasteiger partial charge in [0.25, 0.3) is 11.8 Å². The second kappa shape index (κ2) is 7.44. The minimum absolute atomic E-state index is 0.0532. The number of nitrogens with zero attached hydrogens (tertiary/aromatic N) is 2. The normalized spacial score (nSPS) is 20.9. The molecule has 3 amide bonds. The van der Waals surface area contributed by atoms with Crippen LogP contribution in [0, 0.1) is 0 Å². The highest BCUT2D eigenvalue weighted by atomic mass is 16.5. The van der Waals surface area contributed by atoms with E-state index in [1.54, 1.807) is 30.3 Å². The summed E-state index contributed by atoms with van der Waals surface area (Å²) in [4.78, 5) is 65.7. The van der Waals surface area contributed by atoms with E-state index in [0.717, 1.165) is 0 Å². The van der Waals surface area contributed by atoms with Gasteiger partial charge in [0.05, 0.1) is 16.9 Å². The molecule has 1 atom stereocenters. The van der Waals surface area contributed by atoms with E-state index in [1.807, 2.05) is 0 Å². The van der Waals surface area contributed by atoms with Gasteiger partial charge in [0.15, 0.2) is 19.0 Å². The van der Waals surface area contributed by atoms with E-state index < -0.39 is 29.9 Å². The Morgan fingerprint density at radius 3 is 2.76 bits per heavy atom. The summed E-state index contributed by atoms with van der Waals surface area (Å²) in [7, 11) is 1.44. The molecule has 168 valence electrons. The molecule has 3 aliphatic rings. The number of carbonyl (C=O) groups excluding carboxylic acids is 5. The number of ether oxygens (including phenoxy) is 2. The Morgan fingerprint density at radius 1 is 1.15 bits per heavy atom. The molecule has 33 heavy (non-hydrogen) atoms. The van der Waals surface area contributed by atoms with Crippen LogP contribution in [-0.2, 0) is 19.1 Å². The van der Waals surface area contributed by atoms with Crippen LogP contribution in [0.15, 0.2) is 42.5 Å². The van der Waals surface area contributed by atoms with Gasteiger partial charge in [0, 0.05) is 25.5 Å². The van der Waals surface area contributed by atoms with Crippen LogP contribution in [0.2, 0.25) is 0 Å². The fourth-order valence-corrected chi connectivity index (χ4v) is 4.48. The number of para-hydroxylation sites is 1. The van der Waals surface area contributed by atoms with Crippen molar-refractivity contribution in [2.45, 2.75) is 18.5 Å². The van der Waals surface area contributed by atoms with Crippen LogP contribution in [0.3, 0.4) is 0 Å². The zero-order chi connectivity index (χ0) is 23.3. The van der Waals surface area contributed by atoms with Gasteiger partial charge in [-0.15, -0.1) is 0 Å². The summed E-state index contributed by atoms with van der Waals surface area (Å²) in [6, 6.07) is 11.1. The molecule has 0 aliphatic carbocycles. The lowest BCUT2D eigenvalue weighted by Crippen LogP contribution is -2.67. The second-order valence-corrected chi connectivity index (χ2v) is 7.97. The van der Waals surface area contributed by atoms with Crippen molar-refractivity contribution < 1.29 is 33.4 Å². The minimum atomic E-state index is -1.65. The number of hydrogen-bond acceptors (Lipinski definition) is 7. The number of ketones is 1. The van der Waals surface area contributed by atoms with Crippen molar-refractivity contribution in [1.82, 2.24) is 4.90 Å². The molecular weight excluding hydrogens is 430 g/mol. The zero-order valence-corrected chi connectivity index (χ0v) is 17.6. The predicted octanol–water partition coefficient (Wildman–Crippen LogP) is 1.35. The Morgan fingerprint density at radius 2 is 1.94 bits per heavy atom. The summed E-state index contributed by atoms with van der Waals surface area (Å²) < 4.78 is 10.6. The topological polar surface area (TPSA) is 122 Å². The molecule has 2 aromatic carbocycles. The fourth-order valence-electron chi connectivity index (χ4n) is 4.48. The van der Waals surface area contributed by atoms with Crippen LogP contribution in [0.25, 0.3) is 0 Å². The van der Waals surface area contributed by atoms with E-state index in [1.165, 1.54) is 29.0 Å². The number of rotatable bonds is 4. The number of anilines is 2. The summed E-state index contributed by atoms with van der Waals surface area (Å²) in [6.45, 7) is -0.704. The highest BCUT2D eigenvalue weighted by Gasteiger charge is 2.60. The first kappa shape index (κ1) is 20.7. The largest absolute Gasteiger partial charge is 0.482 e. The summed E-state index contributed by atoms with van der Waals surface area (Å²) in [6.07, 6.45) is 0.108. The van der Waals surface area contributed by atoms with Gasteiger partial charge in [-0.2, -0.15) is 0 Å². The third kappa shape index (κ3) is 3.05. The SMILES string of the molecule is CN1C(=O)c2ccccc2N2C(=O)CC[C@@]12C(=O)OCC(=O)c1ccc2c(c1)NC(=O)CO2. The van der Waals surface area contributed by atoms with Crippen molar-refractivity contribution in [2.24, 2.45) is 0 Å². The Bertz CT molecular complexity index is 1240. The first-order valence-corrected chi connectivity index (χ1v) is 10.3. The molecule has 0 radical (unpaired) electrons. The minimum Gasteiger partial charge on any atom is -0.482 e. The number of amides is 3. The maximum absolute atomic E-state index is 13.3. The van der Waals surface area contributed by atoms with Gasteiger partial charge in [-0.3, -0.25) is 24.1 Å². The number of Topliss-reactive ketones (excluding diaryl/α,β-unsaturated/α-hetero) is 1. The molecule has 1 N–H and O–H groups in total. The first-order chi connectivity index (χ1) is 15.8. The zero-order valence-electron chi connectivity index (χ0n) is 17.6. The lowest BCUT2D eigenvalue weighted by atomic mass is 9.97. The molecule has 0 unspecified atom stereocenters. The Labute approximate surface area is 188 Å². The van der Waals surface area contributed by atoms with Crippen molar-refractivity contribution in [3.05, 3.63) is 53.6 Å². The van der Waals surface area contributed by atoms with Crippen LogP contribution in [0.1, 0.15) is 33.6 Å². The second-order valence-electron chi connectivity index (χ2n) is 7.97. The molecule has 3 heterocycles. The van der Waals surface area contributed by atoms with Crippen molar-refractivity contribution in [3.63, 3.8) is 0 Å². The van der Waals surface area contributed by atoms with E-state index >= 15 is 0 Å². The van der Waals surface area contributed by atoms with Crippen molar-refractivity contribution in [2.75, 3.05) is 30.5 Å². The highest BCUT2D eigenvalue weighted by molar-refractivity contribution is 6.15. The summed E-state index contributed by atoms with van der Waals surface area (Å²) in [5.41, 5.74) is -0.434. The van der Waals surface area contributed by atoms with E-state index in [2.05, 4.69) is 5.32 Å². The smallest absolute Gasteiger partial charge is 0.354 e. The number of benzene rings is 2. The average molecular weight is 449 g/mol. The molecular formula is C23H19N3O7. The molecule has 0 saturated carbocycles. The number of fused-ring (bicyclic) bond motifs is 4. The Hall–Kier alpha value is -4.21. The standard InChI is InChI=1S/C23H19N3O7/c1-25-21(30)14-4-2-3-5-16(14)26-20(29)8-9-23(25,26)22(31)33-11-17(27)13-6-7-18-15(10-13)24-19(28)12-32-18/h2-7,10H,8-9,11-12H2,1H3,(H,24,28)/t23-/m1/s1. The first-order valence-electron chi connectivity index (χ1n) is 10.3. The van der Waals surface area contributed by atoms with Gasteiger partial charge in [-0.25, -0.2) is 4.79 Å².